The molecule has 7 atom stereocenters. The van der Waals surface area contributed by atoms with Crippen molar-refractivity contribution in [2.24, 2.45) is 22.7 Å². The molecule has 0 aromatic heterocycles. The van der Waals surface area contributed by atoms with Crippen LogP contribution in [0.2, 0.25) is 36.3 Å². The maximum atomic E-state index is 10.2. The third kappa shape index (κ3) is 6.38. The average Bonchev–Trinajstić information content (AvgIpc) is 3.13. The molecule has 3 fully saturated rings. The molecule has 0 spiro atoms. The molecule has 0 bridgehead atoms. The molecule has 3 saturated carbocycles. The van der Waals surface area contributed by atoms with Crippen molar-refractivity contribution in [1.29, 1.82) is 0 Å². The van der Waals surface area contributed by atoms with Crippen LogP contribution in [0.3, 0.4) is 0 Å². The van der Waals surface area contributed by atoms with E-state index < -0.39 is 22.2 Å². The lowest BCUT2D eigenvalue weighted by atomic mass is 9.50. The maximum absolute atomic E-state index is 10.2. The van der Waals surface area contributed by atoms with Gasteiger partial charge in [0.05, 0.1) is 23.9 Å². The van der Waals surface area contributed by atoms with Crippen molar-refractivity contribution in [2.75, 3.05) is 6.61 Å². The normalized spacial score (nSPS) is 36.1. The molecule has 4 rings (SSSR count). The molecule has 42 heavy (non-hydrogen) atoms. The lowest BCUT2D eigenvalue weighted by Crippen LogP contribution is -2.58. The summed E-state index contributed by atoms with van der Waals surface area (Å²) >= 11 is 0. The molecular formula is C36H66O4Si2. The first-order valence-corrected chi connectivity index (χ1v) is 22.8. The fourth-order valence-electron chi connectivity index (χ4n) is 8.07. The molecule has 0 aromatic rings. The van der Waals surface area contributed by atoms with Gasteiger partial charge in [-0.15, -0.1) is 0 Å². The SMILES string of the molecule is CC(C)(O)CCO[C@H]1CC[C@H]2C3=CC=C4C[C@@H](O[Si](C)(C)C(C)(C)C)C[C@H](O[Si](C)(C)C(C)(C)C)[C@@]4(C)[C@H]3CC[C@]12C. The van der Waals surface area contributed by atoms with Gasteiger partial charge in [-0.1, -0.05) is 78.7 Å². The Kier molecular flexibility index (Phi) is 9.25. The van der Waals surface area contributed by atoms with E-state index in [0.717, 1.165) is 19.3 Å². The van der Waals surface area contributed by atoms with Crippen molar-refractivity contribution < 1.29 is 18.7 Å². The molecule has 4 aliphatic rings. The van der Waals surface area contributed by atoms with Crippen molar-refractivity contribution in [2.45, 2.75) is 174 Å². The topological polar surface area (TPSA) is 47.9 Å². The van der Waals surface area contributed by atoms with Crippen molar-refractivity contribution in [1.82, 2.24) is 0 Å². The van der Waals surface area contributed by atoms with E-state index in [9.17, 15) is 5.11 Å². The first-order chi connectivity index (χ1) is 18.9. The summed E-state index contributed by atoms with van der Waals surface area (Å²) in [5.41, 5.74) is 2.73. The second-order valence-corrected chi connectivity index (χ2v) is 28.1. The van der Waals surface area contributed by atoms with Crippen LogP contribution in [0.25, 0.3) is 0 Å². The average molecular weight is 619 g/mol. The van der Waals surface area contributed by atoms with Crippen LogP contribution in [-0.4, -0.2) is 52.3 Å². The van der Waals surface area contributed by atoms with Gasteiger partial charge in [0.25, 0.3) is 0 Å². The third-order valence-corrected chi connectivity index (χ3v) is 22.1. The van der Waals surface area contributed by atoms with E-state index in [1.54, 1.807) is 11.1 Å². The Balaban J connectivity index is 1.66. The monoisotopic (exact) mass is 618 g/mol. The fraction of sp³-hybridized carbons (Fsp3) is 0.889. The van der Waals surface area contributed by atoms with E-state index in [-0.39, 0.29) is 39.2 Å². The second-order valence-electron chi connectivity index (χ2n) is 18.6. The summed E-state index contributed by atoms with van der Waals surface area (Å²) in [5, 5.41) is 10.6. The van der Waals surface area contributed by atoms with E-state index >= 15 is 0 Å². The third-order valence-electron chi connectivity index (χ3n) is 13.1. The van der Waals surface area contributed by atoms with Gasteiger partial charge in [-0.05, 0) is 107 Å². The molecule has 1 N–H and O–H groups in total. The molecule has 0 unspecified atom stereocenters. The van der Waals surface area contributed by atoms with E-state index in [1.807, 2.05) is 13.8 Å². The molecule has 0 radical (unpaired) electrons. The minimum Gasteiger partial charge on any atom is -0.414 e. The molecule has 0 aliphatic heterocycles. The number of rotatable bonds is 8. The van der Waals surface area contributed by atoms with Crippen molar-refractivity contribution >= 4 is 16.6 Å². The quantitative estimate of drug-likeness (QED) is 0.275. The predicted molar refractivity (Wildman–Crippen MR) is 182 cm³/mol. The van der Waals surface area contributed by atoms with Crippen LogP contribution in [0.5, 0.6) is 0 Å². The van der Waals surface area contributed by atoms with Crippen LogP contribution < -0.4 is 0 Å². The summed E-state index contributed by atoms with van der Waals surface area (Å²) in [7, 11) is -3.92. The molecule has 6 heteroatoms. The predicted octanol–water partition coefficient (Wildman–Crippen LogP) is 9.81. The molecule has 0 aromatic carbocycles. The summed E-state index contributed by atoms with van der Waals surface area (Å²) in [5.74, 6) is 1.09. The molecule has 242 valence electrons. The maximum Gasteiger partial charge on any atom is 0.192 e. The summed E-state index contributed by atoms with van der Waals surface area (Å²) in [6, 6.07) is 0. The zero-order chi connectivity index (χ0) is 31.7. The number of fused-ring (bicyclic) bond motifs is 5. The summed E-state index contributed by atoms with van der Waals surface area (Å²) < 4.78 is 21.2. The minimum atomic E-state index is -2.01. The van der Waals surface area contributed by atoms with Gasteiger partial charge in [0.2, 0.25) is 0 Å². The number of aliphatic hydroxyl groups is 1. The summed E-state index contributed by atoms with van der Waals surface area (Å²) in [6.07, 6.45) is 13.2. The Hall–Kier alpha value is -0.246. The van der Waals surface area contributed by atoms with Crippen LogP contribution >= 0.6 is 0 Å². The molecular weight excluding hydrogens is 553 g/mol. The van der Waals surface area contributed by atoms with Crippen LogP contribution in [-0.2, 0) is 13.6 Å². The number of ether oxygens (including phenoxy) is 1. The largest absolute Gasteiger partial charge is 0.414 e. The first-order valence-electron chi connectivity index (χ1n) is 17.0. The Morgan fingerprint density at radius 1 is 0.810 bits per heavy atom. The van der Waals surface area contributed by atoms with Gasteiger partial charge < -0.3 is 18.7 Å². The van der Waals surface area contributed by atoms with Gasteiger partial charge in [0, 0.05) is 17.4 Å². The van der Waals surface area contributed by atoms with Gasteiger partial charge in [-0.3, -0.25) is 0 Å². The molecule has 4 aliphatic carbocycles. The number of hydrogen-bond acceptors (Lipinski definition) is 4. The van der Waals surface area contributed by atoms with Crippen LogP contribution in [0, 0.1) is 22.7 Å². The fourth-order valence-corrected chi connectivity index (χ4v) is 10.8. The Morgan fingerprint density at radius 2 is 1.40 bits per heavy atom. The van der Waals surface area contributed by atoms with Crippen LogP contribution in [0.1, 0.15) is 114 Å². The standard InChI is InChI=1S/C36H66O4Si2/c1-32(2,3)41(11,12)39-26-23-25-15-16-27-28-17-18-30(38-22-21-34(7,8)37)35(28,9)20-19-29(27)36(25,10)31(24-26)40-42(13,14)33(4,5)6/h15-16,26,28-31,37H,17-24H2,1-14H3/t26-,28+,29+,30+,31+,35+,36-/m1/s1. The van der Waals surface area contributed by atoms with Gasteiger partial charge in [0.1, 0.15) is 0 Å². The van der Waals surface area contributed by atoms with E-state index in [0.29, 0.717) is 24.9 Å². The Labute approximate surface area is 261 Å². The van der Waals surface area contributed by atoms with Crippen LogP contribution in [0.4, 0.5) is 0 Å². The van der Waals surface area contributed by atoms with E-state index in [2.05, 4.69) is 93.7 Å². The molecule has 0 heterocycles. The molecule has 0 amide bonds. The van der Waals surface area contributed by atoms with E-state index in [1.165, 1.54) is 19.3 Å². The zero-order valence-corrected chi connectivity index (χ0v) is 31.9. The van der Waals surface area contributed by atoms with Crippen LogP contribution in [0.15, 0.2) is 23.3 Å². The summed E-state index contributed by atoms with van der Waals surface area (Å²) in [6.45, 7) is 33.3. The van der Waals surface area contributed by atoms with Gasteiger partial charge >= 0.3 is 0 Å². The van der Waals surface area contributed by atoms with Crippen molar-refractivity contribution in [3.63, 3.8) is 0 Å². The van der Waals surface area contributed by atoms with Gasteiger partial charge in [-0.25, -0.2) is 0 Å². The first kappa shape index (κ1) is 34.6. The van der Waals surface area contributed by atoms with Gasteiger partial charge in [0.15, 0.2) is 16.6 Å². The summed E-state index contributed by atoms with van der Waals surface area (Å²) in [4.78, 5) is 0. The zero-order valence-electron chi connectivity index (χ0n) is 29.9. The Morgan fingerprint density at radius 3 is 1.98 bits per heavy atom. The van der Waals surface area contributed by atoms with Gasteiger partial charge in [-0.2, -0.15) is 0 Å². The molecule has 0 saturated heterocycles. The highest BCUT2D eigenvalue weighted by Gasteiger charge is 2.60. The van der Waals surface area contributed by atoms with Crippen molar-refractivity contribution in [3.05, 3.63) is 23.3 Å². The Bertz CT molecular complexity index is 1060. The second kappa shape index (κ2) is 11.2. The minimum absolute atomic E-state index is 0.00802. The molecule has 4 nitrogen and oxygen atoms in total. The lowest BCUT2D eigenvalue weighted by Gasteiger charge is -2.59. The lowest BCUT2D eigenvalue weighted by molar-refractivity contribution is -0.0742. The van der Waals surface area contributed by atoms with Crippen molar-refractivity contribution in [3.8, 4) is 0 Å². The smallest absolute Gasteiger partial charge is 0.192 e. The number of hydrogen-bond donors (Lipinski definition) is 1. The highest BCUT2D eigenvalue weighted by molar-refractivity contribution is 6.74. The highest BCUT2D eigenvalue weighted by atomic mass is 28.4. The highest BCUT2D eigenvalue weighted by Crippen LogP contribution is 2.65. The number of allylic oxidation sites excluding steroid dienone is 3. The van der Waals surface area contributed by atoms with E-state index in [4.69, 9.17) is 13.6 Å².